The van der Waals surface area contributed by atoms with E-state index in [1.165, 1.54) is 0 Å². The molecular weight excluding hydrogens is 418 g/mol. The minimum Gasteiger partial charge on any atom is -0.361 e. The third kappa shape index (κ3) is 5.01. The Morgan fingerprint density at radius 2 is 1.81 bits per heavy atom. The van der Waals surface area contributed by atoms with Crippen molar-refractivity contribution in [1.29, 1.82) is 0 Å². The van der Waals surface area contributed by atoms with Crippen LogP contribution < -0.4 is 0 Å². The highest BCUT2D eigenvalue weighted by molar-refractivity contribution is 7.13. The molecule has 0 bridgehead atoms. The molecule has 1 aliphatic rings. The number of hydrogen-bond donors (Lipinski definition) is 0. The van der Waals surface area contributed by atoms with Crippen LogP contribution in [0.25, 0.3) is 10.7 Å². The predicted octanol–water partition coefficient (Wildman–Crippen LogP) is 2.64. The number of piperazine rings is 1. The number of aromatic nitrogens is 3. The zero-order valence-corrected chi connectivity index (χ0v) is 18.5. The predicted molar refractivity (Wildman–Crippen MR) is 113 cm³/mol. The van der Waals surface area contributed by atoms with Crippen molar-refractivity contribution >= 4 is 23.2 Å². The van der Waals surface area contributed by atoms with Gasteiger partial charge in [0.1, 0.15) is 5.76 Å². The highest BCUT2D eigenvalue weighted by Gasteiger charge is 2.25. The van der Waals surface area contributed by atoms with Crippen LogP contribution in [0.1, 0.15) is 35.7 Å². The molecule has 164 valence electrons. The van der Waals surface area contributed by atoms with Crippen LogP contribution in [0.3, 0.4) is 0 Å². The molecule has 0 unspecified atom stereocenters. The van der Waals surface area contributed by atoms with Gasteiger partial charge in [-0.1, -0.05) is 16.4 Å². The van der Waals surface area contributed by atoms with Gasteiger partial charge in [-0.05, 0) is 31.7 Å². The second-order valence-corrected chi connectivity index (χ2v) is 8.53. The lowest BCUT2D eigenvalue weighted by molar-refractivity contribution is -0.139. The fraction of sp³-hybridized carbons (Fsp3) is 0.476. The van der Waals surface area contributed by atoms with E-state index >= 15 is 0 Å². The smallest absolute Gasteiger partial charge is 0.227 e. The van der Waals surface area contributed by atoms with Crippen molar-refractivity contribution in [2.45, 2.75) is 39.5 Å². The van der Waals surface area contributed by atoms with E-state index in [2.05, 4.69) is 15.3 Å². The van der Waals surface area contributed by atoms with Gasteiger partial charge in [-0.25, -0.2) is 0 Å². The zero-order chi connectivity index (χ0) is 21.8. The summed E-state index contributed by atoms with van der Waals surface area (Å²) in [6.45, 7) is 5.84. The van der Waals surface area contributed by atoms with Crippen LogP contribution in [-0.4, -0.2) is 63.1 Å². The number of carbonyl (C=O) groups excluding carboxylic acids is 2. The highest BCUT2D eigenvalue weighted by Crippen LogP contribution is 2.21. The summed E-state index contributed by atoms with van der Waals surface area (Å²) in [6.07, 6.45) is 1.92. The van der Waals surface area contributed by atoms with Gasteiger partial charge in [0.25, 0.3) is 0 Å². The van der Waals surface area contributed by atoms with Gasteiger partial charge in [-0.3, -0.25) is 9.59 Å². The lowest BCUT2D eigenvalue weighted by Crippen LogP contribution is -2.51. The van der Waals surface area contributed by atoms with Crippen molar-refractivity contribution in [1.82, 2.24) is 25.1 Å². The minimum absolute atomic E-state index is 0.0411. The largest absolute Gasteiger partial charge is 0.361 e. The van der Waals surface area contributed by atoms with Crippen LogP contribution >= 0.6 is 11.3 Å². The fourth-order valence-corrected chi connectivity index (χ4v) is 4.28. The van der Waals surface area contributed by atoms with Gasteiger partial charge < -0.3 is 18.8 Å². The summed E-state index contributed by atoms with van der Waals surface area (Å²) in [4.78, 5) is 34.1. The molecule has 31 heavy (non-hydrogen) atoms. The number of amides is 2. The molecule has 0 spiro atoms. The Morgan fingerprint density at radius 3 is 2.45 bits per heavy atom. The molecule has 1 aliphatic heterocycles. The van der Waals surface area contributed by atoms with Crippen LogP contribution in [0.15, 0.2) is 26.6 Å². The molecule has 0 N–H and O–H groups in total. The Bertz CT molecular complexity index is 1010. The van der Waals surface area contributed by atoms with E-state index < -0.39 is 0 Å². The zero-order valence-electron chi connectivity index (χ0n) is 17.7. The lowest BCUT2D eigenvalue weighted by atomic mass is 10.1. The van der Waals surface area contributed by atoms with Crippen molar-refractivity contribution in [2.75, 3.05) is 26.2 Å². The first-order valence-electron chi connectivity index (χ1n) is 10.3. The lowest BCUT2D eigenvalue weighted by Gasteiger charge is -2.35. The van der Waals surface area contributed by atoms with Crippen molar-refractivity contribution in [3.05, 3.63) is 40.4 Å². The van der Waals surface area contributed by atoms with Crippen molar-refractivity contribution < 1.29 is 18.6 Å². The Balaban J connectivity index is 1.19. The van der Waals surface area contributed by atoms with Gasteiger partial charge in [-0.2, -0.15) is 4.98 Å². The van der Waals surface area contributed by atoms with Gasteiger partial charge >= 0.3 is 0 Å². The second kappa shape index (κ2) is 9.42. The fourth-order valence-electron chi connectivity index (χ4n) is 3.63. The molecule has 0 radical (unpaired) electrons. The molecule has 9 nitrogen and oxygen atoms in total. The molecule has 0 saturated carbocycles. The molecular formula is C21H25N5O4S. The molecule has 2 amide bonds. The first-order chi connectivity index (χ1) is 15.0. The van der Waals surface area contributed by atoms with Crippen molar-refractivity contribution in [3.63, 3.8) is 0 Å². The highest BCUT2D eigenvalue weighted by atomic mass is 32.1. The van der Waals surface area contributed by atoms with Crippen LogP contribution in [0.2, 0.25) is 0 Å². The molecule has 4 rings (SSSR count). The summed E-state index contributed by atoms with van der Waals surface area (Å²) in [7, 11) is 0. The average molecular weight is 444 g/mol. The molecule has 3 aromatic rings. The van der Waals surface area contributed by atoms with Crippen LogP contribution in [0.5, 0.6) is 0 Å². The number of hydrogen-bond acceptors (Lipinski definition) is 8. The Labute approximate surface area is 184 Å². The third-order valence-corrected chi connectivity index (χ3v) is 6.35. The monoisotopic (exact) mass is 443 g/mol. The van der Waals surface area contributed by atoms with Gasteiger partial charge in [-0.15, -0.1) is 11.3 Å². The Morgan fingerprint density at radius 1 is 1.06 bits per heavy atom. The number of thiophene rings is 1. The number of carbonyl (C=O) groups is 2. The molecule has 0 atom stereocenters. The molecule has 0 aliphatic carbocycles. The van der Waals surface area contributed by atoms with Gasteiger partial charge in [0, 0.05) is 44.6 Å². The maximum Gasteiger partial charge on any atom is 0.227 e. The molecule has 1 fully saturated rings. The summed E-state index contributed by atoms with van der Waals surface area (Å²) < 4.78 is 10.4. The molecule has 0 aromatic carbocycles. The van der Waals surface area contributed by atoms with E-state index in [1.807, 2.05) is 36.3 Å². The van der Waals surface area contributed by atoms with E-state index in [0.29, 0.717) is 62.9 Å². The van der Waals surface area contributed by atoms with Gasteiger partial charge in [0.05, 0.1) is 17.0 Å². The first-order valence-corrected chi connectivity index (χ1v) is 11.2. The van der Waals surface area contributed by atoms with Gasteiger partial charge in [0.15, 0.2) is 0 Å². The average Bonchev–Trinajstić information content (AvgIpc) is 3.52. The van der Waals surface area contributed by atoms with Crippen LogP contribution in [0, 0.1) is 13.8 Å². The summed E-state index contributed by atoms with van der Waals surface area (Å²) in [5.74, 6) is 1.96. The molecule has 1 saturated heterocycles. The standard InChI is InChI=1S/C21H25N5O4S/c1-14-16(15(2)29-23-14)13-20(28)26-10-8-25(9-11-26)19(27)7-3-6-18-22-21(24-30-18)17-5-4-12-31-17/h4-5,12H,3,6-11,13H2,1-2H3. The SMILES string of the molecule is Cc1noc(C)c1CC(=O)N1CCN(C(=O)CCCc2nc(-c3cccs3)no2)CC1. The maximum atomic E-state index is 12.6. The quantitative estimate of drug-likeness (QED) is 0.553. The maximum absolute atomic E-state index is 12.6. The van der Waals surface area contributed by atoms with Gasteiger partial charge in [0.2, 0.25) is 23.5 Å². The molecule has 4 heterocycles. The molecule has 3 aromatic heterocycles. The van der Waals surface area contributed by atoms with Crippen LogP contribution in [-0.2, 0) is 22.4 Å². The first kappa shape index (κ1) is 21.2. The Kier molecular flexibility index (Phi) is 6.45. The summed E-state index contributed by atoms with van der Waals surface area (Å²) in [5, 5.41) is 9.86. The van der Waals surface area contributed by atoms with Crippen LogP contribution in [0.4, 0.5) is 0 Å². The van der Waals surface area contributed by atoms with E-state index in [1.54, 1.807) is 16.2 Å². The van der Waals surface area contributed by atoms with Crippen molar-refractivity contribution in [3.8, 4) is 10.7 Å². The third-order valence-electron chi connectivity index (χ3n) is 5.49. The summed E-state index contributed by atoms with van der Waals surface area (Å²) >= 11 is 1.56. The number of rotatable bonds is 7. The van der Waals surface area contributed by atoms with Crippen molar-refractivity contribution in [2.24, 2.45) is 0 Å². The number of nitrogens with zero attached hydrogens (tertiary/aromatic N) is 5. The normalized spacial score (nSPS) is 14.3. The minimum atomic E-state index is 0.0411. The Hall–Kier alpha value is -3.01. The summed E-state index contributed by atoms with van der Waals surface area (Å²) in [6, 6.07) is 3.89. The van der Waals surface area contributed by atoms with E-state index in [9.17, 15) is 9.59 Å². The number of aryl methyl sites for hydroxylation is 3. The van der Waals surface area contributed by atoms with E-state index in [-0.39, 0.29) is 18.2 Å². The molecule has 10 heteroatoms. The second-order valence-electron chi connectivity index (χ2n) is 7.58. The van der Waals surface area contributed by atoms with E-state index in [4.69, 9.17) is 9.05 Å². The summed E-state index contributed by atoms with van der Waals surface area (Å²) in [5.41, 5.74) is 1.61. The van der Waals surface area contributed by atoms with E-state index in [0.717, 1.165) is 16.1 Å². The topological polar surface area (TPSA) is 106 Å².